The number of aryl methyl sites for hydroxylation is 2. The summed E-state index contributed by atoms with van der Waals surface area (Å²) < 4.78 is 22.9. The largest absolute Gasteiger partial charge is 0.452 e. The SMILES string of the molecule is CCc1noc(C)c1C(=O)OCC(=O)Nc1ccc(F)c(Cl)c1. The number of carbonyl (C=O) groups is 2. The van der Waals surface area contributed by atoms with Crippen LogP contribution in [0.2, 0.25) is 5.02 Å². The van der Waals surface area contributed by atoms with Crippen molar-refractivity contribution < 1.29 is 23.2 Å². The van der Waals surface area contributed by atoms with Gasteiger partial charge in [-0.3, -0.25) is 4.79 Å². The quantitative estimate of drug-likeness (QED) is 0.846. The molecule has 0 fully saturated rings. The lowest BCUT2D eigenvalue weighted by molar-refractivity contribution is -0.119. The molecule has 0 saturated carbocycles. The number of nitrogens with one attached hydrogen (secondary N) is 1. The smallest absolute Gasteiger partial charge is 0.344 e. The van der Waals surface area contributed by atoms with Crippen LogP contribution in [0, 0.1) is 12.7 Å². The Bertz CT molecular complexity index is 745. The van der Waals surface area contributed by atoms with Crippen molar-refractivity contribution in [2.75, 3.05) is 11.9 Å². The van der Waals surface area contributed by atoms with Crippen molar-refractivity contribution in [1.82, 2.24) is 5.16 Å². The molecule has 0 bridgehead atoms. The van der Waals surface area contributed by atoms with E-state index >= 15 is 0 Å². The van der Waals surface area contributed by atoms with Crippen LogP contribution in [0.5, 0.6) is 0 Å². The summed E-state index contributed by atoms with van der Waals surface area (Å²) in [4.78, 5) is 23.7. The average molecular weight is 341 g/mol. The number of ether oxygens (including phenoxy) is 1. The fourth-order valence-electron chi connectivity index (χ4n) is 1.90. The number of anilines is 1. The summed E-state index contributed by atoms with van der Waals surface area (Å²) in [5, 5.41) is 6.07. The van der Waals surface area contributed by atoms with Gasteiger partial charge < -0.3 is 14.6 Å². The van der Waals surface area contributed by atoms with E-state index in [1.54, 1.807) is 6.92 Å². The molecular formula is C15H14ClFN2O4. The molecule has 2 rings (SSSR count). The summed E-state index contributed by atoms with van der Waals surface area (Å²) in [7, 11) is 0. The molecule has 122 valence electrons. The number of benzene rings is 1. The van der Waals surface area contributed by atoms with Crippen molar-refractivity contribution in [3.05, 3.63) is 46.1 Å². The van der Waals surface area contributed by atoms with Crippen LogP contribution in [0.3, 0.4) is 0 Å². The Hall–Kier alpha value is -2.41. The Labute approximate surface area is 136 Å². The van der Waals surface area contributed by atoms with Gasteiger partial charge in [0.2, 0.25) is 0 Å². The molecule has 1 heterocycles. The number of halogens is 2. The van der Waals surface area contributed by atoms with Gasteiger partial charge >= 0.3 is 5.97 Å². The Morgan fingerprint density at radius 2 is 2.17 bits per heavy atom. The zero-order valence-corrected chi connectivity index (χ0v) is 13.2. The Balaban J connectivity index is 1.94. The van der Waals surface area contributed by atoms with Crippen LogP contribution < -0.4 is 5.32 Å². The van der Waals surface area contributed by atoms with Gasteiger partial charge in [-0.25, -0.2) is 9.18 Å². The van der Waals surface area contributed by atoms with Gasteiger partial charge in [-0.2, -0.15) is 0 Å². The number of hydrogen-bond acceptors (Lipinski definition) is 5. The van der Waals surface area contributed by atoms with E-state index in [1.807, 2.05) is 6.92 Å². The molecule has 1 aromatic heterocycles. The third-order valence-electron chi connectivity index (χ3n) is 3.01. The molecule has 0 unspecified atom stereocenters. The first-order chi connectivity index (χ1) is 10.9. The minimum atomic E-state index is -0.687. The van der Waals surface area contributed by atoms with E-state index in [0.717, 1.165) is 6.07 Å². The zero-order valence-electron chi connectivity index (χ0n) is 12.5. The fourth-order valence-corrected chi connectivity index (χ4v) is 2.08. The highest BCUT2D eigenvalue weighted by molar-refractivity contribution is 6.31. The normalized spacial score (nSPS) is 10.4. The van der Waals surface area contributed by atoms with E-state index in [4.69, 9.17) is 20.9 Å². The van der Waals surface area contributed by atoms with Crippen molar-refractivity contribution in [3.8, 4) is 0 Å². The van der Waals surface area contributed by atoms with Crippen LogP contribution in [0.1, 0.15) is 28.7 Å². The molecule has 8 heteroatoms. The molecule has 0 atom stereocenters. The van der Waals surface area contributed by atoms with Crippen LogP contribution in [-0.2, 0) is 16.0 Å². The number of carbonyl (C=O) groups excluding carboxylic acids is 2. The molecule has 0 saturated heterocycles. The summed E-state index contributed by atoms with van der Waals surface area (Å²) in [6, 6.07) is 3.73. The van der Waals surface area contributed by atoms with Crippen molar-refractivity contribution in [1.29, 1.82) is 0 Å². The zero-order chi connectivity index (χ0) is 17.0. The van der Waals surface area contributed by atoms with Gasteiger partial charge in [0.05, 0.1) is 10.7 Å². The molecule has 1 amide bonds. The Morgan fingerprint density at radius 1 is 1.43 bits per heavy atom. The molecule has 2 aromatic rings. The summed E-state index contributed by atoms with van der Waals surface area (Å²) >= 11 is 5.61. The molecule has 0 spiro atoms. The molecule has 1 N–H and O–H groups in total. The monoisotopic (exact) mass is 340 g/mol. The molecule has 23 heavy (non-hydrogen) atoms. The van der Waals surface area contributed by atoms with Gasteiger partial charge in [-0.15, -0.1) is 0 Å². The lowest BCUT2D eigenvalue weighted by atomic mass is 10.1. The van der Waals surface area contributed by atoms with Crippen LogP contribution >= 0.6 is 11.6 Å². The van der Waals surface area contributed by atoms with E-state index in [9.17, 15) is 14.0 Å². The van der Waals surface area contributed by atoms with Crippen molar-refractivity contribution in [3.63, 3.8) is 0 Å². The third kappa shape index (κ3) is 4.07. The summed E-state index contributed by atoms with van der Waals surface area (Å²) in [6.07, 6.45) is 0.502. The average Bonchev–Trinajstić information content (AvgIpc) is 2.89. The lowest BCUT2D eigenvalue weighted by Crippen LogP contribution is -2.21. The highest BCUT2D eigenvalue weighted by Gasteiger charge is 2.21. The first kappa shape index (κ1) is 17.0. The molecule has 0 radical (unpaired) electrons. The second kappa shape index (κ2) is 7.23. The predicted octanol–water partition coefficient (Wildman–Crippen LogP) is 3.13. The first-order valence-electron chi connectivity index (χ1n) is 6.79. The second-order valence-corrected chi connectivity index (χ2v) is 5.07. The highest BCUT2D eigenvalue weighted by Crippen LogP contribution is 2.19. The third-order valence-corrected chi connectivity index (χ3v) is 3.30. The van der Waals surface area contributed by atoms with Gasteiger partial charge in [-0.05, 0) is 31.5 Å². The molecule has 6 nitrogen and oxygen atoms in total. The van der Waals surface area contributed by atoms with Crippen LogP contribution in [0.15, 0.2) is 22.7 Å². The van der Waals surface area contributed by atoms with E-state index < -0.39 is 24.3 Å². The lowest BCUT2D eigenvalue weighted by Gasteiger charge is -2.07. The number of hydrogen-bond donors (Lipinski definition) is 1. The van der Waals surface area contributed by atoms with E-state index in [2.05, 4.69) is 10.5 Å². The highest BCUT2D eigenvalue weighted by atomic mass is 35.5. The van der Waals surface area contributed by atoms with Gasteiger partial charge in [0.25, 0.3) is 5.91 Å². The van der Waals surface area contributed by atoms with Gasteiger partial charge in [0.1, 0.15) is 17.1 Å². The van der Waals surface area contributed by atoms with Crippen molar-refractivity contribution in [2.24, 2.45) is 0 Å². The van der Waals surface area contributed by atoms with Gasteiger partial charge in [-0.1, -0.05) is 23.7 Å². The van der Waals surface area contributed by atoms with Crippen LogP contribution in [-0.4, -0.2) is 23.6 Å². The van der Waals surface area contributed by atoms with Crippen LogP contribution in [0.4, 0.5) is 10.1 Å². The maximum absolute atomic E-state index is 13.0. The second-order valence-electron chi connectivity index (χ2n) is 4.67. The summed E-state index contributed by atoms with van der Waals surface area (Å²) in [5.74, 6) is -1.52. The molecular weight excluding hydrogens is 327 g/mol. The number of rotatable bonds is 5. The van der Waals surface area contributed by atoms with E-state index in [0.29, 0.717) is 23.6 Å². The van der Waals surface area contributed by atoms with Crippen LogP contribution in [0.25, 0.3) is 0 Å². The summed E-state index contributed by atoms with van der Waals surface area (Å²) in [6.45, 7) is 2.91. The van der Waals surface area contributed by atoms with E-state index in [1.165, 1.54) is 12.1 Å². The fraction of sp³-hybridized carbons (Fsp3) is 0.267. The summed E-state index contributed by atoms with van der Waals surface area (Å²) in [5.41, 5.74) is 0.996. The molecule has 1 aromatic carbocycles. The molecule has 0 aliphatic heterocycles. The van der Waals surface area contributed by atoms with Crippen molar-refractivity contribution >= 4 is 29.2 Å². The van der Waals surface area contributed by atoms with E-state index in [-0.39, 0.29) is 10.6 Å². The Kier molecular flexibility index (Phi) is 5.33. The number of nitrogens with zero attached hydrogens (tertiary/aromatic N) is 1. The first-order valence-corrected chi connectivity index (χ1v) is 7.17. The maximum atomic E-state index is 13.0. The standard InChI is InChI=1S/C15H14ClFN2O4/c1-3-12-14(8(2)23-19-12)15(21)22-7-13(20)18-9-4-5-11(17)10(16)6-9/h4-6H,3,7H2,1-2H3,(H,18,20). The number of esters is 1. The van der Waals surface area contributed by atoms with Gasteiger partial charge in [0, 0.05) is 5.69 Å². The number of aromatic nitrogens is 1. The Morgan fingerprint density at radius 3 is 2.83 bits per heavy atom. The maximum Gasteiger partial charge on any atom is 0.344 e. The van der Waals surface area contributed by atoms with Gasteiger partial charge in [0.15, 0.2) is 6.61 Å². The minimum Gasteiger partial charge on any atom is -0.452 e. The predicted molar refractivity (Wildman–Crippen MR) is 80.9 cm³/mol. The van der Waals surface area contributed by atoms with Crippen molar-refractivity contribution in [2.45, 2.75) is 20.3 Å². The number of amides is 1. The topological polar surface area (TPSA) is 81.4 Å². The molecule has 0 aliphatic rings. The molecule has 0 aliphatic carbocycles. The minimum absolute atomic E-state index is 0.118.